The molecule has 0 radical (unpaired) electrons. The van der Waals surface area contributed by atoms with Crippen molar-refractivity contribution in [3.63, 3.8) is 0 Å². The summed E-state index contributed by atoms with van der Waals surface area (Å²) in [6.45, 7) is 11.0. The van der Waals surface area contributed by atoms with Crippen LogP contribution in [-0.4, -0.2) is 17.9 Å². The zero-order valence-electron chi connectivity index (χ0n) is 19.8. The van der Waals surface area contributed by atoms with E-state index in [1.54, 1.807) is 6.92 Å². The van der Waals surface area contributed by atoms with Crippen molar-refractivity contribution in [1.29, 1.82) is 0 Å². The fourth-order valence-electron chi connectivity index (χ4n) is 8.09. The van der Waals surface area contributed by atoms with Crippen molar-refractivity contribution in [3.05, 3.63) is 11.6 Å². The number of carbonyl (C=O) groups excluding carboxylic acids is 2. The fraction of sp³-hybridized carbons (Fsp3) is 0.852. The van der Waals surface area contributed by atoms with Crippen molar-refractivity contribution in [2.45, 2.75) is 105 Å². The van der Waals surface area contributed by atoms with Gasteiger partial charge in [-0.2, -0.15) is 0 Å². The van der Waals surface area contributed by atoms with Gasteiger partial charge in [0.15, 0.2) is 5.78 Å². The van der Waals surface area contributed by atoms with E-state index in [0.717, 1.165) is 43.1 Å². The average molecular weight is 415 g/mol. The first-order chi connectivity index (χ1) is 14.1. The Morgan fingerprint density at radius 3 is 2.57 bits per heavy atom. The van der Waals surface area contributed by atoms with Crippen molar-refractivity contribution in [3.8, 4) is 0 Å². The number of ether oxygens (including phenoxy) is 1. The smallest absolute Gasteiger partial charge is 0.306 e. The highest BCUT2D eigenvalue weighted by atomic mass is 16.5. The molecule has 0 spiro atoms. The first kappa shape index (κ1) is 22.1. The Balaban J connectivity index is 1.42. The largest absolute Gasteiger partial charge is 0.462 e. The second-order valence-electron chi connectivity index (χ2n) is 11.8. The quantitative estimate of drug-likeness (QED) is 0.482. The number of hydrogen-bond donors (Lipinski definition) is 0. The molecule has 0 saturated heterocycles. The Morgan fingerprint density at radius 2 is 1.87 bits per heavy atom. The minimum atomic E-state index is 0.00761. The minimum Gasteiger partial charge on any atom is -0.462 e. The molecule has 0 aliphatic heterocycles. The molecule has 3 fully saturated rings. The number of rotatable bonds is 5. The lowest BCUT2D eigenvalue weighted by Crippen LogP contribution is -2.54. The molecule has 7 atom stereocenters. The summed E-state index contributed by atoms with van der Waals surface area (Å²) in [6, 6.07) is 0. The van der Waals surface area contributed by atoms with Gasteiger partial charge in [-0.25, -0.2) is 0 Å². The van der Waals surface area contributed by atoms with Crippen LogP contribution in [0.1, 0.15) is 98.8 Å². The maximum absolute atomic E-state index is 12.3. The SMILES string of the molecule is CC(=O)C1=CCC2C3CCC4CC(OC(=O)CCC(C)C)CCC4(C)C3CCC12C. The molecule has 0 amide bonds. The number of ketones is 1. The minimum absolute atomic E-state index is 0.00761. The van der Waals surface area contributed by atoms with Crippen LogP contribution in [0.25, 0.3) is 0 Å². The topological polar surface area (TPSA) is 43.4 Å². The molecule has 0 heterocycles. The number of carbonyl (C=O) groups is 2. The van der Waals surface area contributed by atoms with Crippen molar-refractivity contribution in [2.24, 2.45) is 40.4 Å². The number of fused-ring (bicyclic) bond motifs is 5. The monoisotopic (exact) mass is 414 g/mol. The Hall–Kier alpha value is -1.12. The van der Waals surface area contributed by atoms with Crippen LogP contribution in [0, 0.1) is 40.4 Å². The molecule has 3 nitrogen and oxygen atoms in total. The van der Waals surface area contributed by atoms with E-state index in [2.05, 4.69) is 33.8 Å². The summed E-state index contributed by atoms with van der Waals surface area (Å²) >= 11 is 0. The van der Waals surface area contributed by atoms with Crippen molar-refractivity contribution in [2.75, 3.05) is 0 Å². The summed E-state index contributed by atoms with van der Waals surface area (Å²) in [4.78, 5) is 24.5. The van der Waals surface area contributed by atoms with Crippen molar-refractivity contribution in [1.82, 2.24) is 0 Å². The van der Waals surface area contributed by atoms with Gasteiger partial charge in [-0.3, -0.25) is 9.59 Å². The predicted molar refractivity (Wildman–Crippen MR) is 120 cm³/mol. The number of hydrogen-bond acceptors (Lipinski definition) is 3. The highest BCUT2D eigenvalue weighted by Gasteiger charge is 2.59. The predicted octanol–water partition coefficient (Wildman–Crippen LogP) is 6.50. The summed E-state index contributed by atoms with van der Waals surface area (Å²) in [7, 11) is 0. The highest BCUT2D eigenvalue weighted by molar-refractivity contribution is 5.95. The highest BCUT2D eigenvalue weighted by Crippen LogP contribution is 2.66. The molecule has 0 N–H and O–H groups in total. The van der Waals surface area contributed by atoms with E-state index < -0.39 is 0 Å². The first-order valence-corrected chi connectivity index (χ1v) is 12.6. The molecule has 3 saturated carbocycles. The molecular formula is C27H42O3. The summed E-state index contributed by atoms with van der Waals surface area (Å²) < 4.78 is 5.91. The number of Topliss-reactive ketones (excluding diaryl/α,β-unsaturated/α-hetero) is 1. The van der Waals surface area contributed by atoms with Crippen LogP contribution in [-0.2, 0) is 14.3 Å². The molecular weight excluding hydrogens is 372 g/mol. The molecule has 168 valence electrons. The molecule has 0 bridgehead atoms. The van der Waals surface area contributed by atoms with E-state index in [4.69, 9.17) is 4.74 Å². The van der Waals surface area contributed by atoms with Gasteiger partial charge in [0.1, 0.15) is 6.10 Å². The van der Waals surface area contributed by atoms with Gasteiger partial charge in [0.25, 0.3) is 0 Å². The second-order valence-corrected chi connectivity index (χ2v) is 11.8. The average Bonchev–Trinajstić information content (AvgIpc) is 3.04. The molecule has 3 heteroatoms. The Bertz CT molecular complexity index is 722. The summed E-state index contributed by atoms with van der Waals surface area (Å²) in [6.07, 6.45) is 13.3. The van der Waals surface area contributed by atoms with Crippen LogP contribution in [0.4, 0.5) is 0 Å². The number of esters is 1. The molecule has 0 aromatic heterocycles. The molecule has 7 unspecified atom stereocenters. The van der Waals surface area contributed by atoms with Gasteiger partial charge in [-0.05, 0) is 111 Å². The first-order valence-electron chi connectivity index (χ1n) is 12.6. The second kappa shape index (κ2) is 8.10. The van der Waals surface area contributed by atoms with Gasteiger partial charge in [0, 0.05) is 6.42 Å². The zero-order chi connectivity index (χ0) is 21.7. The third-order valence-electron chi connectivity index (χ3n) is 9.80. The lowest BCUT2D eigenvalue weighted by atomic mass is 9.44. The fourth-order valence-corrected chi connectivity index (χ4v) is 8.09. The van der Waals surface area contributed by atoms with Gasteiger partial charge in [0.2, 0.25) is 0 Å². The van der Waals surface area contributed by atoms with Crippen LogP contribution in [0.5, 0.6) is 0 Å². The maximum Gasteiger partial charge on any atom is 0.306 e. The normalized spacial score (nSPS) is 42.7. The van der Waals surface area contributed by atoms with Crippen molar-refractivity contribution < 1.29 is 14.3 Å². The summed E-state index contributed by atoms with van der Waals surface area (Å²) in [5.41, 5.74) is 1.61. The van der Waals surface area contributed by atoms with Gasteiger partial charge in [0.05, 0.1) is 0 Å². The molecule has 30 heavy (non-hydrogen) atoms. The van der Waals surface area contributed by atoms with E-state index in [0.29, 0.717) is 29.6 Å². The van der Waals surface area contributed by atoms with Crippen molar-refractivity contribution >= 4 is 11.8 Å². The van der Waals surface area contributed by atoms with E-state index in [-0.39, 0.29) is 23.3 Å². The van der Waals surface area contributed by atoms with Crippen LogP contribution in [0.2, 0.25) is 0 Å². The molecule has 4 rings (SSSR count). The van der Waals surface area contributed by atoms with Gasteiger partial charge in [-0.15, -0.1) is 0 Å². The maximum atomic E-state index is 12.3. The molecule has 4 aliphatic carbocycles. The van der Waals surface area contributed by atoms with Crippen LogP contribution in [0.3, 0.4) is 0 Å². The van der Waals surface area contributed by atoms with Crippen LogP contribution >= 0.6 is 0 Å². The third kappa shape index (κ3) is 3.69. The summed E-state index contributed by atoms with van der Waals surface area (Å²) in [5, 5.41) is 0. The Kier molecular flexibility index (Phi) is 5.96. The standard InChI is InChI=1S/C27H42O3/c1-17(2)6-11-25(29)30-20-12-14-26(4)19(16-20)7-8-21-23-10-9-22(18(3)28)27(23,5)15-13-24(21)26/h9,17,19-21,23-24H,6-8,10-16H2,1-5H3. The molecule has 0 aromatic carbocycles. The molecule has 4 aliphatic rings. The Morgan fingerprint density at radius 1 is 1.10 bits per heavy atom. The van der Waals surface area contributed by atoms with E-state index >= 15 is 0 Å². The zero-order valence-corrected chi connectivity index (χ0v) is 19.8. The lowest BCUT2D eigenvalue weighted by molar-refractivity contribution is -0.161. The van der Waals surface area contributed by atoms with E-state index in [9.17, 15) is 9.59 Å². The van der Waals surface area contributed by atoms with E-state index in [1.165, 1.54) is 32.1 Å². The molecule has 0 aromatic rings. The lowest BCUT2D eigenvalue weighted by Gasteiger charge is -2.60. The van der Waals surface area contributed by atoms with Crippen LogP contribution in [0.15, 0.2) is 11.6 Å². The number of allylic oxidation sites excluding steroid dienone is 2. The van der Waals surface area contributed by atoms with Gasteiger partial charge >= 0.3 is 5.97 Å². The van der Waals surface area contributed by atoms with Gasteiger partial charge < -0.3 is 4.74 Å². The van der Waals surface area contributed by atoms with E-state index in [1.807, 2.05) is 0 Å². The van der Waals surface area contributed by atoms with Crippen LogP contribution < -0.4 is 0 Å². The summed E-state index contributed by atoms with van der Waals surface area (Å²) in [5.74, 6) is 3.70. The Labute approximate surface area is 183 Å². The third-order valence-corrected chi connectivity index (χ3v) is 9.80. The van der Waals surface area contributed by atoms with Gasteiger partial charge in [-0.1, -0.05) is 33.8 Å².